The summed E-state index contributed by atoms with van der Waals surface area (Å²) < 4.78 is 1.81. The summed E-state index contributed by atoms with van der Waals surface area (Å²) >= 11 is 0. The van der Waals surface area contributed by atoms with Gasteiger partial charge in [-0.05, 0) is 6.07 Å². The van der Waals surface area contributed by atoms with Crippen molar-refractivity contribution in [1.29, 1.82) is 5.26 Å². The molecule has 0 aliphatic carbocycles. The Bertz CT molecular complexity index is 333. The predicted octanol–water partition coefficient (Wildman–Crippen LogP) is 0.877. The number of aryl methyl sites for hydroxylation is 1. The van der Waals surface area contributed by atoms with Gasteiger partial charge in [0.1, 0.15) is 13.2 Å². The molecule has 0 aliphatic heterocycles. The summed E-state index contributed by atoms with van der Waals surface area (Å²) in [4.78, 5) is 4.52. The first-order valence-electron chi connectivity index (χ1n) is 3.41. The third kappa shape index (κ3) is 1.64. The van der Waals surface area contributed by atoms with Crippen molar-refractivity contribution in [3.8, 4) is 6.07 Å². The van der Waals surface area contributed by atoms with Crippen molar-refractivity contribution >= 4 is 6.21 Å². The van der Waals surface area contributed by atoms with Crippen molar-refractivity contribution < 1.29 is 4.84 Å². The summed E-state index contributed by atoms with van der Waals surface area (Å²) in [5.41, 5.74) is 1.46. The van der Waals surface area contributed by atoms with Gasteiger partial charge in [0.2, 0.25) is 0 Å². The zero-order valence-electron chi connectivity index (χ0n) is 6.98. The van der Waals surface area contributed by atoms with Crippen molar-refractivity contribution in [3.63, 3.8) is 0 Å². The van der Waals surface area contributed by atoms with Gasteiger partial charge in [-0.2, -0.15) is 5.26 Å². The van der Waals surface area contributed by atoms with E-state index in [0.717, 1.165) is 5.69 Å². The Hall–Kier alpha value is -1.76. The van der Waals surface area contributed by atoms with Crippen LogP contribution in [0.3, 0.4) is 0 Å². The summed E-state index contributed by atoms with van der Waals surface area (Å²) in [6, 6.07) is 3.78. The minimum absolute atomic E-state index is 0.620. The molecule has 0 radical (unpaired) electrons. The Morgan fingerprint density at radius 1 is 1.75 bits per heavy atom. The van der Waals surface area contributed by atoms with Crippen LogP contribution in [0, 0.1) is 11.3 Å². The van der Waals surface area contributed by atoms with E-state index in [1.807, 2.05) is 13.1 Å². The van der Waals surface area contributed by atoms with E-state index >= 15 is 0 Å². The standard InChI is InChI=1S/C8H9N3O/c1-11-6-7(4-9)3-8(11)5-10-12-2/h3,5-6H,1-2H3/b10-5+. The fourth-order valence-electron chi connectivity index (χ4n) is 0.878. The van der Waals surface area contributed by atoms with Crippen LogP contribution in [0.15, 0.2) is 17.4 Å². The zero-order chi connectivity index (χ0) is 8.97. The molecule has 0 aliphatic rings. The molecule has 1 rings (SSSR count). The van der Waals surface area contributed by atoms with Crippen molar-refractivity contribution in [2.24, 2.45) is 12.2 Å². The number of hydrogen-bond acceptors (Lipinski definition) is 3. The first-order valence-corrected chi connectivity index (χ1v) is 3.41. The highest BCUT2D eigenvalue weighted by atomic mass is 16.6. The lowest BCUT2D eigenvalue weighted by Crippen LogP contribution is -1.92. The molecule has 0 unspecified atom stereocenters. The van der Waals surface area contributed by atoms with Gasteiger partial charge in [0.15, 0.2) is 0 Å². The maximum atomic E-state index is 8.56. The number of nitrogens with zero attached hydrogens (tertiary/aromatic N) is 3. The number of aromatic nitrogens is 1. The number of rotatable bonds is 2. The highest BCUT2D eigenvalue weighted by molar-refractivity contribution is 5.77. The monoisotopic (exact) mass is 163 g/mol. The van der Waals surface area contributed by atoms with Crippen LogP contribution in [-0.4, -0.2) is 17.9 Å². The molecule has 0 atom stereocenters. The van der Waals surface area contributed by atoms with Gasteiger partial charge < -0.3 is 9.40 Å². The highest BCUT2D eigenvalue weighted by Gasteiger charge is 1.98. The lowest BCUT2D eigenvalue weighted by Gasteiger charge is -1.92. The molecule has 0 fully saturated rings. The Morgan fingerprint density at radius 2 is 2.50 bits per heavy atom. The third-order valence-electron chi connectivity index (χ3n) is 1.46. The minimum atomic E-state index is 0.620. The number of oxime groups is 1. The van der Waals surface area contributed by atoms with Crippen molar-refractivity contribution in [2.75, 3.05) is 7.11 Å². The summed E-state index contributed by atoms with van der Waals surface area (Å²) in [5, 5.41) is 12.2. The SMILES string of the molecule is CO/N=C/c1cc(C#N)cn1C. The largest absolute Gasteiger partial charge is 0.399 e. The van der Waals surface area contributed by atoms with E-state index in [0.29, 0.717) is 5.56 Å². The second-order valence-electron chi connectivity index (χ2n) is 2.29. The smallest absolute Gasteiger partial charge is 0.106 e. The van der Waals surface area contributed by atoms with Crippen LogP contribution in [-0.2, 0) is 11.9 Å². The second kappa shape index (κ2) is 3.58. The molecule has 1 aromatic rings. The van der Waals surface area contributed by atoms with E-state index in [1.54, 1.807) is 23.0 Å². The molecule has 4 nitrogen and oxygen atoms in total. The van der Waals surface area contributed by atoms with E-state index in [4.69, 9.17) is 5.26 Å². The molecule has 0 bridgehead atoms. The molecule has 62 valence electrons. The fraction of sp³-hybridized carbons (Fsp3) is 0.250. The normalized spacial score (nSPS) is 10.1. The molecule has 0 amide bonds. The first kappa shape index (κ1) is 8.34. The fourth-order valence-corrected chi connectivity index (χ4v) is 0.878. The quantitative estimate of drug-likeness (QED) is 0.480. The van der Waals surface area contributed by atoms with Gasteiger partial charge in [-0.3, -0.25) is 0 Å². The van der Waals surface area contributed by atoms with Crippen LogP contribution < -0.4 is 0 Å². The maximum Gasteiger partial charge on any atom is 0.106 e. The molecule has 4 heteroatoms. The summed E-state index contributed by atoms with van der Waals surface area (Å²) in [6.07, 6.45) is 3.29. The predicted molar refractivity (Wildman–Crippen MR) is 44.7 cm³/mol. The molecule has 1 aromatic heterocycles. The van der Waals surface area contributed by atoms with Crippen LogP contribution in [0.5, 0.6) is 0 Å². The molecule has 0 aromatic carbocycles. The molecular weight excluding hydrogens is 154 g/mol. The van der Waals surface area contributed by atoms with E-state index < -0.39 is 0 Å². The molecule has 0 saturated heterocycles. The Kier molecular flexibility index (Phi) is 2.49. The summed E-state index contributed by atoms with van der Waals surface area (Å²) in [6.45, 7) is 0. The molecule has 0 saturated carbocycles. The average molecular weight is 163 g/mol. The van der Waals surface area contributed by atoms with Gasteiger partial charge in [0.05, 0.1) is 17.5 Å². The lowest BCUT2D eigenvalue weighted by atomic mass is 10.3. The van der Waals surface area contributed by atoms with Gasteiger partial charge in [-0.25, -0.2) is 0 Å². The Labute approximate surface area is 70.7 Å². The molecule has 0 spiro atoms. The zero-order valence-corrected chi connectivity index (χ0v) is 6.98. The summed E-state index contributed by atoms with van der Waals surface area (Å²) in [5.74, 6) is 0. The van der Waals surface area contributed by atoms with E-state index in [-0.39, 0.29) is 0 Å². The van der Waals surface area contributed by atoms with Gasteiger partial charge >= 0.3 is 0 Å². The summed E-state index contributed by atoms with van der Waals surface area (Å²) in [7, 11) is 3.32. The Balaban J connectivity index is 2.94. The second-order valence-corrected chi connectivity index (χ2v) is 2.29. The molecule has 0 N–H and O–H groups in total. The van der Waals surface area contributed by atoms with E-state index in [1.165, 1.54) is 7.11 Å². The maximum absolute atomic E-state index is 8.56. The Morgan fingerprint density at radius 3 is 3.00 bits per heavy atom. The van der Waals surface area contributed by atoms with E-state index in [9.17, 15) is 0 Å². The van der Waals surface area contributed by atoms with Crippen LogP contribution >= 0.6 is 0 Å². The lowest BCUT2D eigenvalue weighted by molar-refractivity contribution is 0.215. The number of nitriles is 1. The first-order chi connectivity index (χ1) is 5.77. The van der Waals surface area contributed by atoms with Crippen molar-refractivity contribution in [2.45, 2.75) is 0 Å². The van der Waals surface area contributed by atoms with Crippen LogP contribution in [0.4, 0.5) is 0 Å². The van der Waals surface area contributed by atoms with Crippen LogP contribution in [0.1, 0.15) is 11.3 Å². The topological polar surface area (TPSA) is 50.3 Å². The van der Waals surface area contributed by atoms with Gasteiger partial charge in [-0.1, -0.05) is 5.16 Å². The number of hydrogen-bond donors (Lipinski definition) is 0. The average Bonchev–Trinajstić information content (AvgIpc) is 2.43. The third-order valence-corrected chi connectivity index (χ3v) is 1.46. The van der Waals surface area contributed by atoms with Crippen LogP contribution in [0.2, 0.25) is 0 Å². The highest BCUT2D eigenvalue weighted by Crippen LogP contribution is 2.03. The van der Waals surface area contributed by atoms with E-state index in [2.05, 4.69) is 9.99 Å². The van der Waals surface area contributed by atoms with Gasteiger partial charge in [-0.15, -0.1) is 0 Å². The molecule has 12 heavy (non-hydrogen) atoms. The molecular formula is C8H9N3O. The van der Waals surface area contributed by atoms with Crippen molar-refractivity contribution in [3.05, 3.63) is 23.5 Å². The van der Waals surface area contributed by atoms with Gasteiger partial charge in [0, 0.05) is 13.2 Å². The molecule has 1 heterocycles. The van der Waals surface area contributed by atoms with Crippen LogP contribution in [0.25, 0.3) is 0 Å². The van der Waals surface area contributed by atoms with Crippen molar-refractivity contribution in [1.82, 2.24) is 4.57 Å². The minimum Gasteiger partial charge on any atom is -0.399 e. The van der Waals surface area contributed by atoms with Gasteiger partial charge in [0.25, 0.3) is 0 Å².